The quantitative estimate of drug-likeness (QED) is 0.624. The molecule has 0 amide bonds. The second-order valence-corrected chi connectivity index (χ2v) is 5.07. The lowest BCUT2D eigenvalue weighted by molar-refractivity contribution is 0.0376. The third kappa shape index (κ3) is 4.32. The number of ether oxygens (including phenoxy) is 3. The topological polar surface area (TPSA) is 61.8 Å². The normalized spacial score (nSPS) is 10.3. The minimum atomic E-state index is -0.558. The third-order valence-corrected chi connectivity index (χ3v) is 2.95. The number of benzene rings is 2. The zero-order valence-electron chi connectivity index (χ0n) is 13.2. The summed E-state index contributed by atoms with van der Waals surface area (Å²) in [4.78, 5) is 24.1. The average Bonchev–Trinajstić information content (AvgIpc) is 2.54. The number of hydrogen-bond acceptors (Lipinski definition) is 5. The van der Waals surface area contributed by atoms with Crippen LogP contribution in [0, 0.1) is 0 Å². The minimum Gasteiger partial charge on any atom is -0.496 e. The Morgan fingerprint density at radius 3 is 2.39 bits per heavy atom. The number of rotatable bonds is 5. The Kier molecular flexibility index (Phi) is 5.36. The van der Waals surface area contributed by atoms with E-state index in [0.717, 1.165) is 0 Å². The van der Waals surface area contributed by atoms with E-state index in [9.17, 15) is 9.59 Å². The van der Waals surface area contributed by atoms with E-state index in [-0.39, 0.29) is 11.9 Å². The minimum absolute atomic E-state index is 0.220. The summed E-state index contributed by atoms with van der Waals surface area (Å²) in [5.41, 5.74) is 0.634. The molecule has 0 saturated heterocycles. The highest BCUT2D eigenvalue weighted by molar-refractivity contribution is 5.94. The van der Waals surface area contributed by atoms with Gasteiger partial charge in [0.1, 0.15) is 17.1 Å². The van der Waals surface area contributed by atoms with E-state index in [0.29, 0.717) is 16.9 Å². The van der Waals surface area contributed by atoms with Crippen molar-refractivity contribution in [3.63, 3.8) is 0 Å². The largest absolute Gasteiger partial charge is 0.496 e. The predicted molar refractivity (Wildman–Crippen MR) is 84.9 cm³/mol. The molecule has 0 N–H and O–H groups in total. The van der Waals surface area contributed by atoms with Crippen LogP contribution in [-0.2, 0) is 4.74 Å². The first-order valence-corrected chi connectivity index (χ1v) is 7.17. The van der Waals surface area contributed by atoms with Crippen LogP contribution in [0.15, 0.2) is 48.5 Å². The van der Waals surface area contributed by atoms with Crippen LogP contribution in [0.3, 0.4) is 0 Å². The monoisotopic (exact) mass is 314 g/mol. The van der Waals surface area contributed by atoms with Crippen molar-refractivity contribution < 1.29 is 23.8 Å². The SMILES string of the molecule is COc1ccccc1C(=O)Oc1cccc(C(=O)OC(C)C)c1. The number of methoxy groups -OCH3 is 1. The fourth-order valence-corrected chi connectivity index (χ4v) is 1.94. The van der Waals surface area contributed by atoms with Crippen molar-refractivity contribution in [1.82, 2.24) is 0 Å². The number of carbonyl (C=O) groups excluding carboxylic acids is 2. The lowest BCUT2D eigenvalue weighted by Crippen LogP contribution is -2.13. The van der Waals surface area contributed by atoms with Gasteiger partial charge in [-0.3, -0.25) is 0 Å². The van der Waals surface area contributed by atoms with Gasteiger partial charge in [-0.25, -0.2) is 9.59 Å². The molecule has 0 bridgehead atoms. The molecule has 23 heavy (non-hydrogen) atoms. The zero-order valence-corrected chi connectivity index (χ0v) is 13.2. The Balaban J connectivity index is 2.17. The predicted octanol–water partition coefficient (Wildman–Crippen LogP) is 3.48. The van der Waals surface area contributed by atoms with Gasteiger partial charge in [0.2, 0.25) is 0 Å². The Bertz CT molecular complexity index is 706. The number of esters is 2. The van der Waals surface area contributed by atoms with Crippen molar-refractivity contribution in [3.8, 4) is 11.5 Å². The Morgan fingerprint density at radius 1 is 0.957 bits per heavy atom. The van der Waals surface area contributed by atoms with Gasteiger partial charge in [-0.15, -0.1) is 0 Å². The molecule has 2 aromatic rings. The van der Waals surface area contributed by atoms with E-state index in [4.69, 9.17) is 14.2 Å². The fraction of sp³-hybridized carbons (Fsp3) is 0.222. The molecule has 0 spiro atoms. The molecule has 0 aromatic heterocycles. The lowest BCUT2D eigenvalue weighted by atomic mass is 10.2. The third-order valence-electron chi connectivity index (χ3n) is 2.95. The average molecular weight is 314 g/mol. The van der Waals surface area contributed by atoms with E-state index in [1.54, 1.807) is 56.3 Å². The maximum absolute atomic E-state index is 12.2. The van der Waals surface area contributed by atoms with Gasteiger partial charge < -0.3 is 14.2 Å². The zero-order chi connectivity index (χ0) is 16.8. The summed E-state index contributed by atoms with van der Waals surface area (Å²) in [6.07, 6.45) is -0.220. The van der Waals surface area contributed by atoms with Crippen LogP contribution in [0.25, 0.3) is 0 Å². The highest BCUT2D eigenvalue weighted by Crippen LogP contribution is 2.21. The maximum Gasteiger partial charge on any atom is 0.347 e. The molecule has 2 aromatic carbocycles. The second-order valence-electron chi connectivity index (χ2n) is 5.07. The van der Waals surface area contributed by atoms with Crippen molar-refractivity contribution in [2.45, 2.75) is 20.0 Å². The highest BCUT2D eigenvalue weighted by atomic mass is 16.5. The lowest BCUT2D eigenvalue weighted by Gasteiger charge is -2.10. The van der Waals surface area contributed by atoms with E-state index >= 15 is 0 Å². The first-order valence-electron chi connectivity index (χ1n) is 7.17. The van der Waals surface area contributed by atoms with E-state index < -0.39 is 11.9 Å². The van der Waals surface area contributed by atoms with Gasteiger partial charge in [-0.05, 0) is 44.2 Å². The van der Waals surface area contributed by atoms with Crippen LogP contribution in [0.4, 0.5) is 0 Å². The molecule has 120 valence electrons. The summed E-state index contributed by atoms with van der Waals surface area (Å²) >= 11 is 0. The Morgan fingerprint density at radius 2 is 1.70 bits per heavy atom. The van der Waals surface area contributed by atoms with Gasteiger partial charge in [0.25, 0.3) is 0 Å². The molecule has 5 nitrogen and oxygen atoms in total. The van der Waals surface area contributed by atoms with Gasteiger partial charge in [0.05, 0.1) is 18.8 Å². The van der Waals surface area contributed by atoms with E-state index in [2.05, 4.69) is 0 Å². The van der Waals surface area contributed by atoms with Gasteiger partial charge in [0, 0.05) is 0 Å². The van der Waals surface area contributed by atoms with Crippen LogP contribution in [-0.4, -0.2) is 25.2 Å². The number of hydrogen-bond donors (Lipinski definition) is 0. The van der Waals surface area contributed by atoms with Crippen molar-refractivity contribution in [1.29, 1.82) is 0 Å². The molecule has 0 aliphatic heterocycles. The van der Waals surface area contributed by atoms with Gasteiger partial charge in [0.15, 0.2) is 0 Å². The van der Waals surface area contributed by atoms with Crippen LogP contribution >= 0.6 is 0 Å². The van der Waals surface area contributed by atoms with E-state index in [1.807, 2.05) is 0 Å². The Labute approximate surface area is 134 Å². The fourth-order valence-electron chi connectivity index (χ4n) is 1.94. The van der Waals surface area contributed by atoms with Gasteiger partial charge in [-0.2, -0.15) is 0 Å². The molecule has 0 saturated carbocycles. The maximum atomic E-state index is 12.2. The van der Waals surface area contributed by atoms with Crippen molar-refractivity contribution >= 4 is 11.9 Å². The molecule has 5 heteroatoms. The first-order chi connectivity index (χ1) is 11.0. The molecule has 0 heterocycles. The summed E-state index contributed by atoms with van der Waals surface area (Å²) in [5.74, 6) is -0.334. The van der Waals surface area contributed by atoms with Crippen LogP contribution in [0.5, 0.6) is 11.5 Å². The van der Waals surface area contributed by atoms with Crippen LogP contribution < -0.4 is 9.47 Å². The number of carbonyl (C=O) groups is 2. The summed E-state index contributed by atoms with van der Waals surface area (Å²) in [7, 11) is 1.48. The molecular weight excluding hydrogens is 296 g/mol. The van der Waals surface area contributed by atoms with Crippen LogP contribution in [0.2, 0.25) is 0 Å². The van der Waals surface area contributed by atoms with Crippen LogP contribution in [0.1, 0.15) is 34.6 Å². The summed E-state index contributed by atoms with van der Waals surface area (Å²) in [6.45, 7) is 3.53. The molecule has 0 aliphatic rings. The molecule has 0 aliphatic carbocycles. The van der Waals surface area contributed by atoms with Crippen molar-refractivity contribution in [3.05, 3.63) is 59.7 Å². The molecule has 0 atom stereocenters. The number of para-hydroxylation sites is 1. The van der Waals surface area contributed by atoms with Gasteiger partial charge >= 0.3 is 11.9 Å². The second kappa shape index (κ2) is 7.45. The highest BCUT2D eigenvalue weighted by Gasteiger charge is 2.15. The standard InChI is InChI=1S/C18H18O5/c1-12(2)22-17(19)13-7-6-8-14(11-13)23-18(20)15-9-4-5-10-16(15)21-3/h4-12H,1-3H3. The molecular formula is C18H18O5. The van der Waals surface area contributed by atoms with Gasteiger partial charge in [-0.1, -0.05) is 18.2 Å². The molecule has 0 fully saturated rings. The molecule has 0 radical (unpaired) electrons. The van der Waals surface area contributed by atoms with Crippen molar-refractivity contribution in [2.75, 3.05) is 7.11 Å². The smallest absolute Gasteiger partial charge is 0.347 e. The molecule has 0 unspecified atom stereocenters. The summed E-state index contributed by atoms with van der Waals surface area (Å²) in [5, 5.41) is 0. The molecule has 2 rings (SSSR count). The summed E-state index contributed by atoms with van der Waals surface area (Å²) in [6, 6.07) is 13.1. The van der Waals surface area contributed by atoms with Crippen molar-refractivity contribution in [2.24, 2.45) is 0 Å². The Hall–Kier alpha value is -2.82. The summed E-state index contributed by atoms with van der Waals surface area (Å²) < 4.78 is 15.6. The van der Waals surface area contributed by atoms with E-state index in [1.165, 1.54) is 13.2 Å². The first kappa shape index (κ1) is 16.5.